The molecule has 24 heavy (non-hydrogen) atoms. The van der Waals surface area contributed by atoms with Crippen LogP contribution >= 0.6 is 0 Å². The molecule has 1 aromatic carbocycles. The Hall–Kier alpha value is -1.59. The van der Waals surface area contributed by atoms with Crippen molar-refractivity contribution < 1.29 is 9.84 Å². The third-order valence-electron chi connectivity index (χ3n) is 4.18. The van der Waals surface area contributed by atoms with Gasteiger partial charge in [0, 0.05) is 26.7 Å². The number of aryl methyl sites for hydroxylation is 1. The number of aliphatic hydroxyl groups is 1. The standard InChI is InChI=1S/C19H31N3O2/c1-4-20-19(21-11-18(23)14-24-13-16-9-10-16)22(3)12-17-8-6-5-7-15(17)2/h5-8,16,18,23H,4,9-14H2,1-3H3,(H,20,21). The van der Waals surface area contributed by atoms with E-state index in [-0.39, 0.29) is 0 Å². The summed E-state index contributed by atoms with van der Waals surface area (Å²) in [6, 6.07) is 8.36. The van der Waals surface area contributed by atoms with Crippen LogP contribution in [-0.2, 0) is 11.3 Å². The van der Waals surface area contributed by atoms with Gasteiger partial charge in [0.2, 0.25) is 0 Å². The molecule has 1 unspecified atom stereocenters. The Balaban J connectivity index is 1.84. The van der Waals surface area contributed by atoms with Crippen LogP contribution in [0.3, 0.4) is 0 Å². The molecule has 1 aromatic rings. The van der Waals surface area contributed by atoms with Crippen LogP contribution in [0.1, 0.15) is 30.9 Å². The summed E-state index contributed by atoms with van der Waals surface area (Å²) in [6.07, 6.45) is 1.98. The van der Waals surface area contributed by atoms with Gasteiger partial charge < -0.3 is 20.1 Å². The average Bonchev–Trinajstić information content (AvgIpc) is 3.37. The van der Waals surface area contributed by atoms with Crippen LogP contribution in [0, 0.1) is 12.8 Å². The zero-order valence-electron chi connectivity index (χ0n) is 15.2. The van der Waals surface area contributed by atoms with Crippen LogP contribution in [-0.4, -0.2) is 55.4 Å². The van der Waals surface area contributed by atoms with Gasteiger partial charge in [0.25, 0.3) is 0 Å². The molecule has 2 N–H and O–H groups in total. The summed E-state index contributed by atoms with van der Waals surface area (Å²) >= 11 is 0. The lowest BCUT2D eigenvalue weighted by molar-refractivity contribution is 0.0367. The minimum Gasteiger partial charge on any atom is -0.389 e. The van der Waals surface area contributed by atoms with Gasteiger partial charge in [-0.25, -0.2) is 0 Å². The maximum absolute atomic E-state index is 10.0. The zero-order chi connectivity index (χ0) is 17.4. The normalized spacial score (nSPS) is 16.1. The highest BCUT2D eigenvalue weighted by Gasteiger charge is 2.21. The topological polar surface area (TPSA) is 57.1 Å². The number of hydrogen-bond donors (Lipinski definition) is 2. The Labute approximate surface area is 145 Å². The molecule has 2 rings (SSSR count). The van der Waals surface area contributed by atoms with Gasteiger partial charge in [-0.15, -0.1) is 0 Å². The van der Waals surface area contributed by atoms with Crippen LogP contribution in [0.2, 0.25) is 0 Å². The van der Waals surface area contributed by atoms with E-state index in [1.165, 1.54) is 24.0 Å². The zero-order valence-corrected chi connectivity index (χ0v) is 15.2. The van der Waals surface area contributed by atoms with E-state index in [0.717, 1.165) is 31.6 Å². The molecule has 0 saturated heterocycles. The number of hydrogen-bond acceptors (Lipinski definition) is 3. The maximum Gasteiger partial charge on any atom is 0.194 e. The lowest BCUT2D eigenvalue weighted by atomic mass is 10.1. The van der Waals surface area contributed by atoms with Crippen molar-refractivity contribution in [2.45, 2.75) is 39.3 Å². The SMILES string of the molecule is CCNC(=NCC(O)COCC1CC1)N(C)Cc1ccccc1C. The summed E-state index contributed by atoms with van der Waals surface area (Å²) in [5.74, 6) is 1.53. The minimum absolute atomic E-state index is 0.352. The Morgan fingerprint density at radius 1 is 1.42 bits per heavy atom. The van der Waals surface area contributed by atoms with Gasteiger partial charge in [-0.3, -0.25) is 4.99 Å². The van der Waals surface area contributed by atoms with E-state index in [9.17, 15) is 5.11 Å². The first-order valence-corrected chi connectivity index (χ1v) is 8.90. The van der Waals surface area contributed by atoms with E-state index in [1.54, 1.807) is 0 Å². The molecule has 0 spiro atoms. The smallest absolute Gasteiger partial charge is 0.194 e. The van der Waals surface area contributed by atoms with Gasteiger partial charge >= 0.3 is 0 Å². The molecule has 1 aliphatic carbocycles. The van der Waals surface area contributed by atoms with Crippen molar-refractivity contribution in [2.24, 2.45) is 10.9 Å². The number of aliphatic imine (C=N–C) groups is 1. The number of nitrogens with one attached hydrogen (secondary N) is 1. The second-order valence-corrected chi connectivity index (χ2v) is 6.61. The monoisotopic (exact) mass is 333 g/mol. The maximum atomic E-state index is 10.0. The Morgan fingerprint density at radius 2 is 2.17 bits per heavy atom. The fraction of sp³-hybridized carbons (Fsp3) is 0.632. The molecule has 0 heterocycles. The van der Waals surface area contributed by atoms with Crippen LogP contribution in [0.5, 0.6) is 0 Å². The number of ether oxygens (including phenoxy) is 1. The van der Waals surface area contributed by atoms with E-state index in [1.807, 2.05) is 14.0 Å². The van der Waals surface area contributed by atoms with Gasteiger partial charge in [0.1, 0.15) is 0 Å². The summed E-state index contributed by atoms with van der Waals surface area (Å²) in [4.78, 5) is 6.64. The van der Waals surface area contributed by atoms with Gasteiger partial charge in [-0.2, -0.15) is 0 Å². The van der Waals surface area contributed by atoms with E-state index in [2.05, 4.69) is 46.4 Å². The lowest BCUT2D eigenvalue weighted by Gasteiger charge is -2.23. The van der Waals surface area contributed by atoms with E-state index < -0.39 is 6.10 Å². The Kier molecular flexibility index (Phi) is 7.53. The Morgan fingerprint density at radius 3 is 2.83 bits per heavy atom. The third kappa shape index (κ3) is 6.49. The molecule has 0 amide bonds. The predicted molar refractivity (Wildman–Crippen MR) is 98.2 cm³/mol. The number of nitrogens with zero attached hydrogens (tertiary/aromatic N) is 2. The highest BCUT2D eigenvalue weighted by molar-refractivity contribution is 5.79. The molecule has 0 aromatic heterocycles. The van der Waals surface area contributed by atoms with E-state index >= 15 is 0 Å². The Bertz CT molecular complexity index is 529. The molecule has 0 radical (unpaired) electrons. The number of aliphatic hydroxyl groups excluding tert-OH is 1. The molecule has 1 fully saturated rings. The van der Waals surface area contributed by atoms with Gasteiger partial charge in [-0.1, -0.05) is 24.3 Å². The summed E-state index contributed by atoms with van der Waals surface area (Å²) in [7, 11) is 2.02. The van der Waals surface area contributed by atoms with Gasteiger partial charge in [0.15, 0.2) is 5.96 Å². The van der Waals surface area contributed by atoms with Crippen molar-refractivity contribution in [2.75, 3.05) is 33.4 Å². The summed E-state index contributed by atoms with van der Waals surface area (Å²) in [5, 5.41) is 13.3. The molecular weight excluding hydrogens is 302 g/mol. The van der Waals surface area contributed by atoms with Crippen LogP contribution < -0.4 is 5.32 Å². The molecule has 1 saturated carbocycles. The summed E-state index contributed by atoms with van der Waals surface area (Å²) in [5.41, 5.74) is 2.55. The van der Waals surface area contributed by atoms with Gasteiger partial charge in [0.05, 0.1) is 19.3 Å². The van der Waals surface area contributed by atoms with Crippen molar-refractivity contribution >= 4 is 5.96 Å². The summed E-state index contributed by atoms with van der Waals surface area (Å²) in [6.45, 7) is 7.23. The molecule has 5 heteroatoms. The van der Waals surface area contributed by atoms with Crippen molar-refractivity contribution in [1.29, 1.82) is 0 Å². The average molecular weight is 333 g/mol. The number of rotatable bonds is 9. The van der Waals surface area contributed by atoms with Crippen LogP contribution in [0.15, 0.2) is 29.3 Å². The van der Waals surface area contributed by atoms with E-state index in [0.29, 0.717) is 13.2 Å². The predicted octanol–water partition coefficient (Wildman–Crippen LogP) is 2.18. The van der Waals surface area contributed by atoms with Crippen molar-refractivity contribution in [1.82, 2.24) is 10.2 Å². The fourth-order valence-corrected chi connectivity index (χ4v) is 2.49. The number of benzene rings is 1. The van der Waals surface area contributed by atoms with Gasteiger partial charge in [-0.05, 0) is 43.7 Å². The van der Waals surface area contributed by atoms with Crippen molar-refractivity contribution in [3.63, 3.8) is 0 Å². The molecular formula is C19H31N3O2. The van der Waals surface area contributed by atoms with Crippen molar-refractivity contribution in [3.8, 4) is 0 Å². The lowest BCUT2D eigenvalue weighted by Crippen LogP contribution is -2.39. The molecule has 1 atom stereocenters. The first-order chi connectivity index (χ1) is 11.6. The molecule has 134 valence electrons. The second kappa shape index (κ2) is 9.64. The van der Waals surface area contributed by atoms with E-state index in [4.69, 9.17) is 4.74 Å². The van der Waals surface area contributed by atoms with Crippen LogP contribution in [0.4, 0.5) is 0 Å². The highest BCUT2D eigenvalue weighted by Crippen LogP contribution is 2.28. The molecule has 1 aliphatic rings. The molecule has 0 aliphatic heterocycles. The highest BCUT2D eigenvalue weighted by atomic mass is 16.5. The minimum atomic E-state index is -0.552. The van der Waals surface area contributed by atoms with Crippen LogP contribution in [0.25, 0.3) is 0 Å². The second-order valence-electron chi connectivity index (χ2n) is 6.61. The summed E-state index contributed by atoms with van der Waals surface area (Å²) < 4.78 is 5.53. The first kappa shape index (κ1) is 18.7. The third-order valence-corrected chi connectivity index (χ3v) is 4.18. The quantitative estimate of drug-likeness (QED) is 0.537. The largest absolute Gasteiger partial charge is 0.389 e. The van der Waals surface area contributed by atoms with Crippen molar-refractivity contribution in [3.05, 3.63) is 35.4 Å². The first-order valence-electron chi connectivity index (χ1n) is 8.90. The fourth-order valence-electron chi connectivity index (χ4n) is 2.49. The number of guanidine groups is 1. The molecule has 5 nitrogen and oxygen atoms in total. The molecule has 0 bridgehead atoms.